The Bertz CT molecular complexity index is 1870. The molecule has 1 saturated carbocycles. The zero-order chi connectivity index (χ0) is 39.2. The van der Waals surface area contributed by atoms with Crippen molar-refractivity contribution in [2.24, 2.45) is 23.0 Å². The number of benzene rings is 2. The number of nitrogens with zero attached hydrogens (tertiary/aromatic N) is 4. The Hall–Kier alpha value is -4.88. The topological polar surface area (TPSA) is 156 Å². The van der Waals surface area contributed by atoms with Crippen molar-refractivity contribution in [3.63, 3.8) is 0 Å². The molecule has 11 nitrogen and oxygen atoms in total. The molecule has 0 spiro atoms. The van der Waals surface area contributed by atoms with E-state index in [2.05, 4.69) is 0 Å². The summed E-state index contributed by atoms with van der Waals surface area (Å²) in [5.74, 6) is -2.59. The number of hydrogen-bond donors (Lipinski definition) is 2. The van der Waals surface area contributed by atoms with Crippen LogP contribution in [0.4, 0.5) is 8.78 Å². The van der Waals surface area contributed by atoms with Crippen molar-refractivity contribution in [1.29, 1.82) is 0 Å². The van der Waals surface area contributed by atoms with Gasteiger partial charge in [0.1, 0.15) is 35.6 Å². The molecule has 2 heterocycles. The summed E-state index contributed by atoms with van der Waals surface area (Å²) in [4.78, 5) is 70.7. The van der Waals surface area contributed by atoms with Crippen molar-refractivity contribution in [2.45, 2.75) is 84.3 Å². The van der Waals surface area contributed by atoms with E-state index in [1.807, 2.05) is 51.1 Å². The van der Waals surface area contributed by atoms with Crippen molar-refractivity contribution >= 4 is 29.3 Å². The SMILES string of the molecule is CC(C)(C)[C@H](c1nc(-c2cc(F)ccc2F)cn1Cc1ccccc1)N(CC[C@H](N)C(=O)C[C@H]1CC[C@H](C(=O)CCCN2C(=O)C=CC2=O)C1)C(=O)CO. The van der Waals surface area contributed by atoms with Gasteiger partial charge in [0.05, 0.1) is 17.8 Å². The van der Waals surface area contributed by atoms with Crippen molar-refractivity contribution in [1.82, 2.24) is 19.4 Å². The van der Waals surface area contributed by atoms with E-state index in [1.54, 1.807) is 10.8 Å². The van der Waals surface area contributed by atoms with Crippen LogP contribution in [0, 0.1) is 28.9 Å². The van der Waals surface area contributed by atoms with E-state index >= 15 is 4.39 Å². The van der Waals surface area contributed by atoms with E-state index in [9.17, 15) is 33.5 Å². The van der Waals surface area contributed by atoms with Gasteiger partial charge in [0.15, 0.2) is 0 Å². The Morgan fingerprint density at radius 1 is 1.04 bits per heavy atom. The van der Waals surface area contributed by atoms with E-state index < -0.39 is 41.6 Å². The Kier molecular flexibility index (Phi) is 13.1. The summed E-state index contributed by atoms with van der Waals surface area (Å²) in [6, 6.07) is 10.9. The van der Waals surface area contributed by atoms with E-state index in [0.29, 0.717) is 38.1 Å². The molecule has 4 atom stereocenters. The Morgan fingerprint density at radius 2 is 1.74 bits per heavy atom. The highest BCUT2D eigenvalue weighted by Gasteiger charge is 2.39. The Morgan fingerprint density at radius 3 is 2.41 bits per heavy atom. The lowest BCUT2D eigenvalue weighted by Gasteiger charge is -2.40. The minimum absolute atomic E-state index is 0.0133. The second-order valence-electron chi connectivity index (χ2n) is 15.4. The molecule has 1 fully saturated rings. The summed E-state index contributed by atoms with van der Waals surface area (Å²) in [6.07, 6.45) is 6.88. The van der Waals surface area contributed by atoms with Crippen molar-refractivity contribution in [3.05, 3.63) is 89.9 Å². The van der Waals surface area contributed by atoms with Gasteiger partial charge in [0, 0.05) is 62.3 Å². The highest BCUT2D eigenvalue weighted by molar-refractivity contribution is 6.12. The number of Topliss-reactive ketones (excluding diaryl/α,β-unsaturated/α-hetero) is 2. The lowest BCUT2D eigenvalue weighted by Crippen LogP contribution is -2.46. The second kappa shape index (κ2) is 17.5. The summed E-state index contributed by atoms with van der Waals surface area (Å²) >= 11 is 0. The van der Waals surface area contributed by atoms with Crippen molar-refractivity contribution in [3.8, 4) is 11.3 Å². The second-order valence-corrected chi connectivity index (χ2v) is 15.4. The van der Waals surface area contributed by atoms with Gasteiger partial charge in [0.25, 0.3) is 11.8 Å². The van der Waals surface area contributed by atoms with Crippen molar-refractivity contribution < 1.29 is 37.9 Å². The van der Waals surface area contributed by atoms with Crippen LogP contribution >= 0.6 is 0 Å². The highest BCUT2D eigenvalue weighted by atomic mass is 19.1. The number of amides is 3. The maximum Gasteiger partial charge on any atom is 0.253 e. The average Bonchev–Trinajstić information content (AvgIpc) is 3.86. The van der Waals surface area contributed by atoms with Crippen LogP contribution in [0.1, 0.15) is 83.1 Å². The number of imide groups is 1. The largest absolute Gasteiger partial charge is 0.387 e. The number of halogens is 2. The first-order valence-electron chi connectivity index (χ1n) is 18.5. The third-order valence-electron chi connectivity index (χ3n) is 10.3. The lowest BCUT2D eigenvalue weighted by molar-refractivity contribution is -0.140. The smallest absolute Gasteiger partial charge is 0.253 e. The number of aliphatic hydroxyl groups excluding tert-OH is 1. The molecule has 3 aromatic rings. The first-order chi connectivity index (χ1) is 25.7. The number of imidazole rings is 1. The van der Waals surface area contributed by atoms with Crippen LogP contribution in [0.25, 0.3) is 11.3 Å². The molecule has 0 saturated heterocycles. The molecule has 288 valence electrons. The first kappa shape index (κ1) is 40.3. The number of nitrogens with two attached hydrogens (primary N) is 1. The molecular weight excluding hydrogens is 696 g/mol. The summed E-state index contributed by atoms with van der Waals surface area (Å²) in [5, 5.41) is 10.1. The maximum atomic E-state index is 15.0. The predicted molar refractivity (Wildman–Crippen MR) is 197 cm³/mol. The lowest BCUT2D eigenvalue weighted by atomic mass is 9.84. The summed E-state index contributed by atoms with van der Waals surface area (Å²) < 4.78 is 31.1. The fourth-order valence-electron chi connectivity index (χ4n) is 7.56. The molecule has 1 aromatic heterocycles. The van der Waals surface area contributed by atoms with Gasteiger partial charge in [-0.2, -0.15) is 0 Å². The molecular formula is C41H49F2N5O6. The number of carbonyl (C=O) groups excluding carboxylic acids is 5. The molecule has 3 amide bonds. The van der Waals surface area contributed by atoms with Gasteiger partial charge >= 0.3 is 0 Å². The normalized spacial score (nSPS) is 18.3. The molecule has 5 rings (SSSR count). The van der Waals surface area contributed by atoms with Gasteiger partial charge in [0.2, 0.25) is 5.91 Å². The van der Waals surface area contributed by atoms with Crippen LogP contribution in [-0.2, 0) is 30.5 Å². The molecule has 2 aliphatic rings. The molecule has 0 radical (unpaired) electrons. The van der Waals surface area contributed by atoms with Gasteiger partial charge in [-0.1, -0.05) is 51.1 Å². The molecule has 0 bridgehead atoms. The van der Waals surface area contributed by atoms with Gasteiger partial charge < -0.3 is 20.3 Å². The molecule has 0 unspecified atom stereocenters. The van der Waals surface area contributed by atoms with E-state index in [1.165, 1.54) is 17.1 Å². The van der Waals surface area contributed by atoms with E-state index in [0.717, 1.165) is 28.7 Å². The highest BCUT2D eigenvalue weighted by Crippen LogP contribution is 2.40. The predicted octanol–water partition coefficient (Wildman–Crippen LogP) is 5.15. The molecule has 3 N–H and O–H groups in total. The number of ketones is 2. The average molecular weight is 746 g/mol. The first-order valence-corrected chi connectivity index (χ1v) is 18.5. The molecule has 54 heavy (non-hydrogen) atoms. The number of aliphatic hydroxyl groups is 1. The van der Waals surface area contributed by atoms with Crippen LogP contribution in [-0.4, -0.2) is 79.5 Å². The summed E-state index contributed by atoms with van der Waals surface area (Å²) in [6.45, 7) is 5.43. The van der Waals surface area contributed by atoms with E-state index in [-0.39, 0.29) is 78.8 Å². The number of hydrogen-bond acceptors (Lipinski definition) is 8. The summed E-state index contributed by atoms with van der Waals surface area (Å²) in [5.41, 5.74) is 6.81. The number of aromatic nitrogens is 2. The molecule has 13 heteroatoms. The molecule has 1 aliphatic carbocycles. The van der Waals surface area contributed by atoms with Gasteiger partial charge in [-0.15, -0.1) is 0 Å². The maximum absolute atomic E-state index is 15.0. The van der Waals surface area contributed by atoms with E-state index in [4.69, 9.17) is 10.7 Å². The standard InChI is InChI=1S/C41H49F2N5O6/c1-41(2,3)39(40-45-33(30-22-29(42)13-14-31(30)43)24-46(40)23-26-8-5-4-6-9-26)48(38(54)25-49)19-17-32(44)35(51)21-27-11-12-28(20-27)34(50)10-7-18-47-36(52)15-16-37(47)53/h4-6,8-9,13-16,22,24,27-28,32,39,49H,7,10-12,17-21,23,25,44H2,1-3H3/t27-,28-,32-,39-/m0/s1. The zero-order valence-electron chi connectivity index (χ0n) is 31.0. The number of carbonyl (C=O) groups is 5. The van der Waals surface area contributed by atoms with Gasteiger partial charge in [-0.25, -0.2) is 13.8 Å². The third-order valence-corrected chi connectivity index (χ3v) is 10.3. The fraction of sp³-hybridized carbons (Fsp3) is 0.463. The van der Waals surface area contributed by atoms with Gasteiger partial charge in [-0.3, -0.25) is 28.9 Å². The van der Waals surface area contributed by atoms with Crippen LogP contribution < -0.4 is 5.73 Å². The fourth-order valence-corrected chi connectivity index (χ4v) is 7.56. The van der Waals surface area contributed by atoms with Crippen LogP contribution in [0.3, 0.4) is 0 Å². The summed E-state index contributed by atoms with van der Waals surface area (Å²) in [7, 11) is 0. The van der Waals surface area contributed by atoms with Crippen LogP contribution in [0.5, 0.6) is 0 Å². The zero-order valence-corrected chi connectivity index (χ0v) is 31.0. The van der Waals surface area contributed by atoms with Gasteiger partial charge in [-0.05, 0) is 67.2 Å². The third kappa shape index (κ3) is 9.80. The minimum Gasteiger partial charge on any atom is -0.387 e. The quantitative estimate of drug-likeness (QED) is 0.180. The Balaban J connectivity index is 1.28. The monoisotopic (exact) mass is 745 g/mol. The van der Waals surface area contributed by atoms with Crippen LogP contribution in [0.15, 0.2) is 66.9 Å². The van der Waals surface area contributed by atoms with Crippen LogP contribution in [0.2, 0.25) is 0 Å². The van der Waals surface area contributed by atoms with Crippen molar-refractivity contribution in [2.75, 3.05) is 19.7 Å². The molecule has 2 aromatic carbocycles. The molecule has 1 aliphatic heterocycles. The minimum atomic E-state index is -0.917. The Labute approximate surface area is 314 Å². The number of rotatable bonds is 17.